The highest BCUT2D eigenvalue weighted by atomic mass is 16.5. The summed E-state index contributed by atoms with van der Waals surface area (Å²) in [5.74, 6) is -3.67. The number of nitrogens with two attached hydrogens (primary N) is 2. The van der Waals surface area contributed by atoms with Crippen molar-refractivity contribution in [3.05, 3.63) is 34.9 Å². The Morgan fingerprint density at radius 1 is 1.28 bits per heavy atom. The van der Waals surface area contributed by atoms with Crippen LogP contribution in [-0.4, -0.2) is 92.0 Å². The molecule has 1 aromatic rings. The number of hydrogen-bond donors (Lipinski definition) is 7. The first kappa shape index (κ1) is 24.0. The Hall–Kier alpha value is -3.71. The van der Waals surface area contributed by atoms with Gasteiger partial charge in [0, 0.05) is 18.4 Å². The summed E-state index contributed by atoms with van der Waals surface area (Å²) in [6.07, 6.45) is 0.986. The standard InChI is InChI=1S/C23H30N8O5/c1-3-12-5-4-6-13(11(12)2)19(34)27-15-10-31-21(25)26-14(9-30-16(32)7-8-17(30)33)18-22(31,23(15,35)36)29-20(24)28-18/h4-6,14-15,18,35-36H,3,7-10H2,1-2H3,(H6,24,25,26,27,28,29,34)/p+1/t14-,15?,18-,22-/m0/s1. The van der Waals surface area contributed by atoms with Gasteiger partial charge in [-0.05, 0) is 30.5 Å². The number of imide groups is 1. The molecule has 0 aliphatic carbocycles. The van der Waals surface area contributed by atoms with Crippen LogP contribution in [-0.2, 0) is 16.0 Å². The summed E-state index contributed by atoms with van der Waals surface area (Å²) in [4.78, 5) is 43.2. The van der Waals surface area contributed by atoms with Gasteiger partial charge in [-0.1, -0.05) is 19.1 Å². The van der Waals surface area contributed by atoms with Gasteiger partial charge in [-0.25, -0.2) is 9.57 Å². The molecular weight excluding hydrogens is 468 g/mol. The highest BCUT2D eigenvalue weighted by Gasteiger charge is 2.75. The maximum absolute atomic E-state index is 13.2. The molecule has 0 bridgehead atoms. The third-order valence-electron chi connectivity index (χ3n) is 7.78. The van der Waals surface area contributed by atoms with Gasteiger partial charge in [0.15, 0.2) is 5.96 Å². The Morgan fingerprint density at radius 2 is 1.97 bits per heavy atom. The second-order valence-electron chi connectivity index (χ2n) is 9.69. The molecule has 9 N–H and O–H groups in total. The molecule has 13 nitrogen and oxygen atoms in total. The van der Waals surface area contributed by atoms with Crippen molar-refractivity contribution >= 4 is 29.6 Å². The van der Waals surface area contributed by atoms with Crippen LogP contribution < -0.4 is 27.4 Å². The number of guanidine groups is 2. The highest BCUT2D eigenvalue weighted by Crippen LogP contribution is 2.41. The third kappa shape index (κ3) is 3.26. The molecule has 4 atom stereocenters. The van der Waals surface area contributed by atoms with E-state index in [1.54, 1.807) is 12.1 Å². The Labute approximate surface area is 207 Å². The molecule has 0 aromatic heterocycles. The van der Waals surface area contributed by atoms with E-state index in [9.17, 15) is 24.6 Å². The summed E-state index contributed by atoms with van der Waals surface area (Å²) in [6, 6.07) is 2.52. The number of aliphatic imine (C=N–C) groups is 1. The summed E-state index contributed by atoms with van der Waals surface area (Å²) in [5.41, 5.74) is 12.8. The SMILES string of the molecule is CCc1cccc(C(=O)NC2C[N+]3=C(N)N[C@@H](CN4C(=O)CCC4=O)[C@@H]4N=C(N)N[C@@]43C2(O)O)c1C. The smallest absolute Gasteiger partial charge is 0.346 e. The van der Waals surface area contributed by atoms with E-state index in [0.717, 1.165) is 22.4 Å². The van der Waals surface area contributed by atoms with Gasteiger partial charge in [0.25, 0.3) is 5.91 Å². The van der Waals surface area contributed by atoms with Crippen molar-refractivity contribution in [2.75, 3.05) is 13.1 Å². The minimum Gasteiger partial charge on any atom is -0.370 e. The van der Waals surface area contributed by atoms with Crippen LogP contribution in [0.15, 0.2) is 23.2 Å². The summed E-state index contributed by atoms with van der Waals surface area (Å²) >= 11 is 0. The molecule has 4 aliphatic heterocycles. The topological polar surface area (TPSA) is 198 Å². The molecule has 3 amide bonds. The monoisotopic (exact) mass is 499 g/mol. The molecule has 13 heteroatoms. The molecule has 36 heavy (non-hydrogen) atoms. The normalized spacial score (nSPS) is 30.5. The first-order valence-corrected chi connectivity index (χ1v) is 12.0. The van der Waals surface area contributed by atoms with Crippen molar-refractivity contribution in [1.29, 1.82) is 0 Å². The number of rotatable bonds is 5. The van der Waals surface area contributed by atoms with E-state index in [2.05, 4.69) is 20.9 Å². The van der Waals surface area contributed by atoms with E-state index in [4.69, 9.17) is 11.5 Å². The van der Waals surface area contributed by atoms with Crippen LogP contribution in [0, 0.1) is 6.92 Å². The van der Waals surface area contributed by atoms with Crippen molar-refractivity contribution in [2.24, 2.45) is 16.5 Å². The van der Waals surface area contributed by atoms with Crippen molar-refractivity contribution in [1.82, 2.24) is 20.9 Å². The Kier molecular flexibility index (Phi) is 5.45. The second kappa shape index (κ2) is 8.17. The van der Waals surface area contributed by atoms with Crippen LogP contribution in [0.2, 0.25) is 0 Å². The largest absolute Gasteiger partial charge is 0.370 e. The number of aliphatic hydroxyl groups is 2. The van der Waals surface area contributed by atoms with E-state index in [1.807, 2.05) is 19.9 Å². The van der Waals surface area contributed by atoms with Crippen molar-refractivity contribution in [3.63, 3.8) is 0 Å². The van der Waals surface area contributed by atoms with Gasteiger partial charge in [-0.15, -0.1) is 0 Å². The number of aryl methyl sites for hydroxylation is 1. The molecule has 1 spiro atoms. The van der Waals surface area contributed by atoms with Gasteiger partial charge in [0.1, 0.15) is 18.1 Å². The number of amides is 3. The predicted molar refractivity (Wildman–Crippen MR) is 127 cm³/mol. The molecule has 4 heterocycles. The number of nitrogens with zero attached hydrogens (tertiary/aromatic N) is 3. The molecule has 2 fully saturated rings. The van der Waals surface area contributed by atoms with Gasteiger partial charge in [0.2, 0.25) is 23.3 Å². The fourth-order valence-corrected chi connectivity index (χ4v) is 5.88. The number of carbonyl (C=O) groups excluding carboxylic acids is 3. The van der Waals surface area contributed by atoms with E-state index >= 15 is 0 Å². The van der Waals surface area contributed by atoms with Crippen molar-refractivity contribution in [2.45, 2.75) is 62.7 Å². The lowest BCUT2D eigenvalue weighted by Gasteiger charge is -2.44. The van der Waals surface area contributed by atoms with E-state index in [-0.39, 0.29) is 49.7 Å². The zero-order valence-electron chi connectivity index (χ0n) is 20.1. The Morgan fingerprint density at radius 3 is 2.64 bits per heavy atom. The van der Waals surface area contributed by atoms with Crippen LogP contribution in [0.3, 0.4) is 0 Å². The van der Waals surface area contributed by atoms with Crippen LogP contribution in [0.1, 0.15) is 41.3 Å². The molecule has 5 rings (SSSR count). The molecular formula is C23H31N8O5+. The first-order chi connectivity index (χ1) is 17.0. The maximum atomic E-state index is 13.2. The fraction of sp³-hybridized carbons (Fsp3) is 0.522. The Bertz CT molecular complexity index is 1210. The van der Waals surface area contributed by atoms with Gasteiger partial charge >= 0.3 is 5.96 Å². The predicted octanol–water partition coefficient (Wildman–Crippen LogP) is -3.22. The van der Waals surface area contributed by atoms with Crippen LogP contribution in [0.4, 0.5) is 0 Å². The van der Waals surface area contributed by atoms with Gasteiger partial charge in [-0.3, -0.25) is 30.3 Å². The van der Waals surface area contributed by atoms with Crippen LogP contribution in [0.25, 0.3) is 0 Å². The average Bonchev–Trinajstić information content (AvgIpc) is 3.42. The number of hydrogen-bond acceptors (Lipinski definition) is 10. The second-order valence-corrected chi connectivity index (χ2v) is 9.69. The van der Waals surface area contributed by atoms with Crippen molar-refractivity contribution in [3.8, 4) is 0 Å². The molecule has 4 aliphatic rings. The summed E-state index contributed by atoms with van der Waals surface area (Å²) in [7, 11) is 0. The zero-order chi connectivity index (χ0) is 26.0. The number of carbonyl (C=O) groups is 3. The van der Waals surface area contributed by atoms with Crippen LogP contribution in [0.5, 0.6) is 0 Å². The fourth-order valence-electron chi connectivity index (χ4n) is 5.88. The van der Waals surface area contributed by atoms with E-state index in [0.29, 0.717) is 5.56 Å². The molecule has 0 radical (unpaired) electrons. The van der Waals surface area contributed by atoms with Crippen LogP contribution >= 0.6 is 0 Å². The quantitative estimate of drug-likeness (QED) is 0.124. The van der Waals surface area contributed by atoms with E-state index in [1.165, 1.54) is 4.58 Å². The summed E-state index contributed by atoms with van der Waals surface area (Å²) < 4.78 is 1.48. The molecule has 1 unspecified atom stereocenters. The number of nitrogens with one attached hydrogen (secondary N) is 3. The average molecular weight is 500 g/mol. The summed E-state index contributed by atoms with van der Waals surface area (Å²) in [6.45, 7) is 3.70. The maximum Gasteiger partial charge on any atom is 0.346 e. The molecule has 2 saturated heterocycles. The molecule has 192 valence electrons. The minimum atomic E-state index is -2.59. The van der Waals surface area contributed by atoms with Crippen molar-refractivity contribution < 1.29 is 29.2 Å². The summed E-state index contributed by atoms with van der Waals surface area (Å²) in [5, 5.41) is 31.8. The zero-order valence-corrected chi connectivity index (χ0v) is 20.1. The number of likely N-dealkylation sites (tertiary alicyclic amines) is 1. The third-order valence-corrected chi connectivity index (χ3v) is 7.78. The highest BCUT2D eigenvalue weighted by molar-refractivity contribution is 6.02. The van der Waals surface area contributed by atoms with Gasteiger partial charge in [0.05, 0.1) is 13.1 Å². The molecule has 0 saturated carbocycles. The Balaban J connectivity index is 1.48. The lowest BCUT2D eigenvalue weighted by atomic mass is 9.85. The van der Waals surface area contributed by atoms with Gasteiger partial charge in [-0.2, -0.15) is 0 Å². The molecule has 1 aromatic carbocycles. The van der Waals surface area contributed by atoms with E-state index < -0.39 is 35.5 Å². The number of benzene rings is 1. The first-order valence-electron chi connectivity index (χ1n) is 12.0. The van der Waals surface area contributed by atoms with Gasteiger partial charge < -0.3 is 26.6 Å². The lowest BCUT2D eigenvalue weighted by molar-refractivity contribution is -0.623. The minimum absolute atomic E-state index is 0.0588. The lowest BCUT2D eigenvalue weighted by Crippen LogP contribution is -2.79.